The van der Waals surface area contributed by atoms with E-state index in [4.69, 9.17) is 9.05 Å². The summed E-state index contributed by atoms with van der Waals surface area (Å²) in [5.74, 6) is -0.191. The molecule has 0 aromatic heterocycles. The van der Waals surface area contributed by atoms with E-state index in [1.807, 2.05) is 27.2 Å². The summed E-state index contributed by atoms with van der Waals surface area (Å²) in [5, 5.41) is 13.9. The second-order valence-electron chi connectivity index (χ2n) is 21.3. The molecular formula is C62H116N2O6P+. The van der Waals surface area contributed by atoms with Gasteiger partial charge in [-0.15, -0.1) is 0 Å². The fraction of sp³-hybridized carbons (Fsp3) is 0.790. The second kappa shape index (κ2) is 52.8. The molecule has 0 rings (SSSR count). The number of quaternary nitrogens is 1. The van der Waals surface area contributed by atoms with Crippen molar-refractivity contribution in [2.75, 3.05) is 40.9 Å². The largest absolute Gasteiger partial charge is 0.472 e. The van der Waals surface area contributed by atoms with E-state index in [0.29, 0.717) is 17.4 Å². The van der Waals surface area contributed by atoms with Crippen molar-refractivity contribution >= 4 is 13.7 Å². The molecule has 3 unspecified atom stereocenters. The average Bonchev–Trinajstić information content (AvgIpc) is 3.33. The van der Waals surface area contributed by atoms with Gasteiger partial charge in [-0.3, -0.25) is 13.8 Å². The number of nitrogens with one attached hydrogen (secondary N) is 1. The van der Waals surface area contributed by atoms with E-state index >= 15 is 0 Å². The van der Waals surface area contributed by atoms with Gasteiger partial charge in [0.1, 0.15) is 13.2 Å². The molecule has 3 atom stereocenters. The summed E-state index contributed by atoms with van der Waals surface area (Å²) in [6.45, 7) is 4.78. The van der Waals surface area contributed by atoms with Crippen LogP contribution in [0.5, 0.6) is 0 Å². The van der Waals surface area contributed by atoms with Crippen molar-refractivity contribution in [3.05, 3.63) is 72.9 Å². The Kier molecular flexibility index (Phi) is 51.3. The number of aliphatic hydroxyl groups is 1. The van der Waals surface area contributed by atoms with E-state index in [2.05, 4.69) is 79.9 Å². The van der Waals surface area contributed by atoms with Crippen LogP contribution in [0.15, 0.2) is 72.9 Å². The number of hydrogen-bond acceptors (Lipinski definition) is 5. The molecule has 0 radical (unpaired) electrons. The molecular weight excluding hydrogens is 900 g/mol. The van der Waals surface area contributed by atoms with Gasteiger partial charge in [-0.2, -0.15) is 0 Å². The highest BCUT2D eigenvalue weighted by Gasteiger charge is 2.27. The number of likely N-dealkylation sites (N-methyl/N-ethyl adjacent to an activating group) is 1. The number of carbonyl (C=O) groups excluding carboxylic acids is 1. The first-order valence-electron chi connectivity index (χ1n) is 29.8. The normalized spacial score (nSPS) is 14.4. The predicted molar refractivity (Wildman–Crippen MR) is 309 cm³/mol. The van der Waals surface area contributed by atoms with Gasteiger partial charge in [0.15, 0.2) is 0 Å². The minimum Gasteiger partial charge on any atom is -0.387 e. The molecule has 0 saturated carbocycles. The summed E-state index contributed by atoms with van der Waals surface area (Å²) in [6.07, 6.45) is 73.0. The number of hydrogen-bond donors (Lipinski definition) is 3. The van der Waals surface area contributed by atoms with Crippen molar-refractivity contribution in [2.45, 2.75) is 276 Å². The molecule has 414 valence electrons. The monoisotopic (exact) mass is 1020 g/mol. The number of allylic oxidation sites excluding steroid dienone is 11. The van der Waals surface area contributed by atoms with Crippen LogP contribution in [0.2, 0.25) is 0 Å². The van der Waals surface area contributed by atoms with Crippen LogP contribution in [-0.2, 0) is 18.4 Å². The molecule has 0 saturated heterocycles. The third kappa shape index (κ3) is 55.5. The lowest BCUT2D eigenvalue weighted by atomic mass is 10.0. The summed E-state index contributed by atoms with van der Waals surface area (Å²) >= 11 is 0. The molecule has 0 fully saturated rings. The Morgan fingerprint density at radius 1 is 0.479 bits per heavy atom. The van der Waals surface area contributed by atoms with Crippen LogP contribution in [-0.4, -0.2) is 73.4 Å². The fourth-order valence-electron chi connectivity index (χ4n) is 8.43. The van der Waals surface area contributed by atoms with Gasteiger partial charge in [-0.05, 0) is 83.5 Å². The van der Waals surface area contributed by atoms with Crippen LogP contribution in [0.3, 0.4) is 0 Å². The molecule has 0 aliphatic rings. The Balaban J connectivity index is 4.17. The molecule has 0 spiro atoms. The van der Waals surface area contributed by atoms with Crippen molar-refractivity contribution in [3.8, 4) is 0 Å². The van der Waals surface area contributed by atoms with E-state index in [9.17, 15) is 19.4 Å². The molecule has 8 nitrogen and oxygen atoms in total. The number of aliphatic hydroxyl groups excluding tert-OH is 1. The minimum atomic E-state index is -4.36. The number of nitrogens with zero attached hydrogens (tertiary/aromatic N) is 1. The zero-order valence-electron chi connectivity index (χ0n) is 47.2. The molecule has 1 amide bonds. The zero-order chi connectivity index (χ0) is 52.0. The lowest BCUT2D eigenvalue weighted by molar-refractivity contribution is -0.870. The van der Waals surface area contributed by atoms with Gasteiger partial charge in [-0.1, -0.05) is 247 Å². The molecule has 0 aromatic rings. The molecule has 0 heterocycles. The van der Waals surface area contributed by atoms with Gasteiger partial charge in [0, 0.05) is 6.42 Å². The smallest absolute Gasteiger partial charge is 0.387 e. The highest BCUT2D eigenvalue weighted by Crippen LogP contribution is 2.43. The third-order valence-electron chi connectivity index (χ3n) is 13.1. The van der Waals surface area contributed by atoms with E-state index in [1.54, 1.807) is 6.08 Å². The molecule has 3 N–H and O–H groups in total. The first-order chi connectivity index (χ1) is 34.5. The van der Waals surface area contributed by atoms with Gasteiger partial charge in [-0.25, -0.2) is 4.57 Å². The standard InChI is InChI=1S/C62H115N2O6P/c1-6-8-10-12-14-16-18-20-22-24-26-27-28-29-30-31-32-33-34-35-36-37-38-40-42-44-46-48-50-52-54-56-62(66)63-60(59-70-71(67,68)69-58-57-64(3,4)5)61(65)55-53-51-49-47-45-43-41-39-25-23-21-19-17-15-13-11-9-7-2/h18,20,24-26,28-29,39,45,47,53,55,60-61,65H,6-17,19,21-23,27,30-38,40-44,46,48-52,54,56-59H2,1-5H3,(H-,63,66,67,68)/p+1/b20-18-,26-24-,29-28-,39-25+,47-45+,55-53+. The number of rotatable bonds is 54. The average molecular weight is 1020 g/mol. The van der Waals surface area contributed by atoms with E-state index < -0.39 is 20.0 Å². The van der Waals surface area contributed by atoms with Crippen LogP contribution in [0.4, 0.5) is 0 Å². The summed E-state index contributed by atoms with van der Waals surface area (Å²) in [4.78, 5) is 23.3. The van der Waals surface area contributed by atoms with Crippen molar-refractivity contribution < 1.29 is 32.9 Å². The van der Waals surface area contributed by atoms with Crippen molar-refractivity contribution in [1.29, 1.82) is 0 Å². The molecule has 71 heavy (non-hydrogen) atoms. The van der Waals surface area contributed by atoms with Crippen LogP contribution >= 0.6 is 7.82 Å². The van der Waals surface area contributed by atoms with Crippen LogP contribution in [0.25, 0.3) is 0 Å². The molecule has 0 bridgehead atoms. The van der Waals surface area contributed by atoms with Crippen molar-refractivity contribution in [3.63, 3.8) is 0 Å². The van der Waals surface area contributed by atoms with E-state index in [1.165, 1.54) is 186 Å². The Hall–Kier alpha value is -2.06. The van der Waals surface area contributed by atoms with Gasteiger partial charge in [0.25, 0.3) is 0 Å². The van der Waals surface area contributed by atoms with Crippen molar-refractivity contribution in [2.24, 2.45) is 0 Å². The minimum absolute atomic E-state index is 0.0518. The summed E-state index contributed by atoms with van der Waals surface area (Å²) in [7, 11) is 1.55. The van der Waals surface area contributed by atoms with Crippen LogP contribution < -0.4 is 5.32 Å². The maximum absolute atomic E-state index is 13.0. The topological polar surface area (TPSA) is 105 Å². The lowest BCUT2D eigenvalue weighted by Crippen LogP contribution is -2.45. The van der Waals surface area contributed by atoms with Crippen LogP contribution in [0.1, 0.15) is 264 Å². The van der Waals surface area contributed by atoms with E-state index in [0.717, 1.165) is 57.8 Å². The molecule has 0 aliphatic heterocycles. The summed E-state index contributed by atoms with van der Waals surface area (Å²) in [5.41, 5.74) is 0. The first kappa shape index (κ1) is 68.9. The quantitative estimate of drug-likeness (QED) is 0.0243. The maximum atomic E-state index is 13.0. The summed E-state index contributed by atoms with van der Waals surface area (Å²) < 4.78 is 23.7. The zero-order valence-corrected chi connectivity index (χ0v) is 48.1. The lowest BCUT2D eigenvalue weighted by Gasteiger charge is -2.25. The Labute approximate surface area is 440 Å². The number of phosphoric acid groups is 1. The number of unbranched alkanes of at least 4 members (excludes halogenated alkanes) is 31. The first-order valence-corrected chi connectivity index (χ1v) is 31.3. The third-order valence-corrected chi connectivity index (χ3v) is 14.1. The highest BCUT2D eigenvalue weighted by atomic mass is 31.2. The number of carbonyl (C=O) groups is 1. The van der Waals surface area contributed by atoms with Gasteiger partial charge < -0.3 is 19.8 Å². The van der Waals surface area contributed by atoms with Gasteiger partial charge >= 0.3 is 7.82 Å². The number of amides is 1. The van der Waals surface area contributed by atoms with Gasteiger partial charge in [0.05, 0.1) is 39.9 Å². The maximum Gasteiger partial charge on any atom is 0.472 e. The van der Waals surface area contributed by atoms with E-state index in [-0.39, 0.29) is 19.1 Å². The SMILES string of the molecule is CCCCCCC/C=C\C/C=C\C/C=C\CCCCCCCCCCCCCCCCCCC(=O)NC(COP(=O)(O)OCC[N+](C)(C)C)C(O)/C=C/CC/C=C/CC/C=C/CCCCCCCCCC. The van der Waals surface area contributed by atoms with Gasteiger partial charge in [0.2, 0.25) is 5.91 Å². The Morgan fingerprint density at radius 3 is 1.23 bits per heavy atom. The van der Waals surface area contributed by atoms with Crippen molar-refractivity contribution in [1.82, 2.24) is 5.32 Å². The second-order valence-corrected chi connectivity index (χ2v) is 22.8. The molecule has 0 aromatic carbocycles. The fourth-order valence-corrected chi connectivity index (χ4v) is 9.17. The number of phosphoric ester groups is 1. The van der Waals surface area contributed by atoms with Crippen LogP contribution in [0, 0.1) is 0 Å². The Morgan fingerprint density at radius 2 is 0.817 bits per heavy atom. The molecule has 0 aliphatic carbocycles. The molecule has 9 heteroatoms. The highest BCUT2D eigenvalue weighted by molar-refractivity contribution is 7.47. The predicted octanol–water partition coefficient (Wildman–Crippen LogP) is 18.3. The Bertz CT molecular complexity index is 1380. The summed E-state index contributed by atoms with van der Waals surface area (Å²) in [6, 6.07) is -0.873.